The molecule has 0 rings (SSSR count). The SMILES string of the molecule is CCC(=O)CCC(=O)COC(C)(C)CCOC(C)(C)CC(=O)CCC(=O)C(C)I. The molecule has 0 aliphatic rings. The van der Waals surface area contributed by atoms with Gasteiger partial charge in [-0.15, -0.1) is 0 Å². The highest BCUT2D eigenvalue weighted by Crippen LogP contribution is 2.21. The molecule has 6 nitrogen and oxygen atoms in total. The standard InChI is InChI=1S/C22H37IO6/c1-7-17(24)8-9-19(26)15-29-21(3,4)12-13-28-22(5,6)14-18(25)10-11-20(27)16(2)23/h16H,7-15H2,1-6H3. The van der Waals surface area contributed by atoms with Gasteiger partial charge < -0.3 is 9.47 Å². The minimum Gasteiger partial charge on any atom is -0.375 e. The van der Waals surface area contributed by atoms with Crippen molar-refractivity contribution < 1.29 is 28.7 Å². The minimum absolute atomic E-state index is 0.0168. The van der Waals surface area contributed by atoms with Crippen LogP contribution in [0.15, 0.2) is 0 Å². The zero-order valence-corrected chi connectivity index (χ0v) is 20.9. The second-order valence-electron chi connectivity index (χ2n) is 8.64. The van der Waals surface area contributed by atoms with Crippen LogP contribution in [0.3, 0.4) is 0 Å². The highest BCUT2D eigenvalue weighted by atomic mass is 127. The van der Waals surface area contributed by atoms with E-state index in [0.717, 1.165) is 0 Å². The van der Waals surface area contributed by atoms with E-state index in [1.165, 1.54) is 0 Å². The fraction of sp³-hybridized carbons (Fsp3) is 0.818. The fourth-order valence-corrected chi connectivity index (χ4v) is 2.84. The van der Waals surface area contributed by atoms with Crippen molar-refractivity contribution in [3.63, 3.8) is 0 Å². The summed E-state index contributed by atoms with van der Waals surface area (Å²) in [5.74, 6) is 0.103. The van der Waals surface area contributed by atoms with E-state index >= 15 is 0 Å². The molecule has 0 N–H and O–H groups in total. The molecule has 0 aromatic carbocycles. The van der Waals surface area contributed by atoms with Gasteiger partial charge in [0.25, 0.3) is 0 Å². The molecular formula is C22H37IO6. The van der Waals surface area contributed by atoms with Crippen molar-refractivity contribution in [1.82, 2.24) is 0 Å². The lowest BCUT2D eigenvalue weighted by Gasteiger charge is -2.29. The van der Waals surface area contributed by atoms with Gasteiger partial charge in [0.15, 0.2) is 5.78 Å². The average Bonchev–Trinajstić information content (AvgIpc) is 2.61. The molecule has 1 atom stereocenters. The molecule has 7 heteroatoms. The Balaban J connectivity index is 4.22. The molecular weight excluding hydrogens is 487 g/mol. The summed E-state index contributed by atoms with van der Waals surface area (Å²) >= 11 is 2.06. The third-order valence-corrected chi connectivity index (χ3v) is 5.31. The molecule has 0 radical (unpaired) electrons. The molecule has 0 aromatic rings. The monoisotopic (exact) mass is 524 g/mol. The van der Waals surface area contributed by atoms with E-state index in [-0.39, 0.29) is 65.8 Å². The molecule has 0 bridgehead atoms. The van der Waals surface area contributed by atoms with E-state index in [9.17, 15) is 19.2 Å². The Labute approximate surface area is 189 Å². The van der Waals surface area contributed by atoms with Gasteiger partial charge in [-0.05, 0) is 41.0 Å². The molecule has 0 aliphatic heterocycles. The van der Waals surface area contributed by atoms with Crippen LogP contribution in [-0.2, 0) is 28.7 Å². The van der Waals surface area contributed by atoms with Crippen LogP contribution < -0.4 is 0 Å². The molecule has 29 heavy (non-hydrogen) atoms. The summed E-state index contributed by atoms with van der Waals surface area (Å²) in [6.45, 7) is 11.5. The normalized spacial score (nSPS) is 13.2. The summed E-state index contributed by atoms with van der Waals surface area (Å²) < 4.78 is 11.5. The maximum Gasteiger partial charge on any atom is 0.158 e. The number of ether oxygens (including phenoxy) is 2. The van der Waals surface area contributed by atoms with Crippen molar-refractivity contribution in [3.05, 3.63) is 0 Å². The molecule has 0 heterocycles. The van der Waals surface area contributed by atoms with Crippen LogP contribution in [0.5, 0.6) is 0 Å². The predicted molar refractivity (Wildman–Crippen MR) is 122 cm³/mol. The summed E-state index contributed by atoms with van der Waals surface area (Å²) in [6.07, 6.45) is 2.27. The van der Waals surface area contributed by atoms with Crippen molar-refractivity contribution in [2.45, 2.75) is 102 Å². The first-order valence-electron chi connectivity index (χ1n) is 10.3. The summed E-state index contributed by atoms with van der Waals surface area (Å²) in [6, 6.07) is 0. The van der Waals surface area contributed by atoms with Gasteiger partial charge in [0.1, 0.15) is 24.0 Å². The lowest BCUT2D eigenvalue weighted by molar-refractivity contribution is -0.135. The smallest absolute Gasteiger partial charge is 0.158 e. The Kier molecular flexibility index (Phi) is 13.3. The second kappa shape index (κ2) is 13.6. The van der Waals surface area contributed by atoms with Crippen molar-refractivity contribution in [2.75, 3.05) is 13.2 Å². The van der Waals surface area contributed by atoms with Gasteiger partial charge in [-0.25, -0.2) is 0 Å². The number of carbonyl (C=O) groups excluding carboxylic acids is 4. The molecule has 0 saturated heterocycles. The Morgan fingerprint density at radius 1 is 0.828 bits per heavy atom. The zero-order valence-electron chi connectivity index (χ0n) is 18.8. The van der Waals surface area contributed by atoms with Crippen LogP contribution in [0.25, 0.3) is 0 Å². The lowest BCUT2D eigenvalue weighted by Crippen LogP contribution is -2.33. The first-order chi connectivity index (χ1) is 13.3. The maximum absolute atomic E-state index is 12.1. The number of carbonyl (C=O) groups is 4. The minimum atomic E-state index is -0.623. The number of rotatable bonds is 17. The quantitative estimate of drug-likeness (QED) is 0.207. The number of ketones is 4. The Morgan fingerprint density at radius 2 is 1.38 bits per heavy atom. The van der Waals surface area contributed by atoms with Crippen LogP contribution in [0.4, 0.5) is 0 Å². The van der Waals surface area contributed by atoms with Crippen LogP contribution in [-0.4, -0.2) is 51.5 Å². The molecule has 0 saturated carbocycles. The Hall–Kier alpha value is -0.670. The van der Waals surface area contributed by atoms with Crippen molar-refractivity contribution >= 4 is 45.7 Å². The van der Waals surface area contributed by atoms with E-state index in [1.807, 2.05) is 34.6 Å². The Bertz CT molecular complexity index is 566. The number of alkyl halides is 1. The van der Waals surface area contributed by atoms with Crippen molar-refractivity contribution in [3.8, 4) is 0 Å². The average molecular weight is 524 g/mol. The van der Waals surface area contributed by atoms with Gasteiger partial charge in [-0.2, -0.15) is 0 Å². The summed E-state index contributed by atoms with van der Waals surface area (Å²) in [5.41, 5.74) is -1.17. The van der Waals surface area contributed by atoms with Gasteiger partial charge >= 0.3 is 0 Å². The van der Waals surface area contributed by atoms with E-state index in [4.69, 9.17) is 9.47 Å². The summed E-state index contributed by atoms with van der Waals surface area (Å²) in [5, 5.41) is 0. The van der Waals surface area contributed by atoms with Crippen molar-refractivity contribution in [1.29, 1.82) is 0 Å². The van der Waals surface area contributed by atoms with Crippen LogP contribution in [0.1, 0.15) is 86.5 Å². The lowest BCUT2D eigenvalue weighted by atomic mass is 9.97. The van der Waals surface area contributed by atoms with Gasteiger partial charge in [-0.3, -0.25) is 19.2 Å². The summed E-state index contributed by atoms with van der Waals surface area (Å²) in [7, 11) is 0. The maximum atomic E-state index is 12.1. The molecule has 0 fully saturated rings. The van der Waals surface area contributed by atoms with Gasteiger partial charge in [0, 0.05) is 38.5 Å². The van der Waals surface area contributed by atoms with Gasteiger partial charge in [0.05, 0.1) is 21.7 Å². The summed E-state index contributed by atoms with van der Waals surface area (Å²) in [4.78, 5) is 46.9. The number of Topliss-reactive ketones (excluding diaryl/α,β-unsaturated/α-hetero) is 4. The molecule has 0 spiro atoms. The zero-order chi connectivity index (χ0) is 22.7. The van der Waals surface area contributed by atoms with E-state index < -0.39 is 11.2 Å². The largest absolute Gasteiger partial charge is 0.375 e. The molecule has 0 aliphatic carbocycles. The Morgan fingerprint density at radius 3 is 1.93 bits per heavy atom. The van der Waals surface area contributed by atoms with Crippen LogP contribution in [0, 0.1) is 0 Å². The highest BCUT2D eigenvalue weighted by Gasteiger charge is 2.26. The van der Waals surface area contributed by atoms with Crippen LogP contribution >= 0.6 is 22.6 Å². The van der Waals surface area contributed by atoms with Crippen molar-refractivity contribution in [2.24, 2.45) is 0 Å². The van der Waals surface area contributed by atoms with E-state index in [0.29, 0.717) is 19.4 Å². The molecule has 0 aromatic heterocycles. The fourth-order valence-electron chi connectivity index (χ4n) is 2.52. The second-order valence-corrected chi connectivity index (χ2v) is 10.5. The molecule has 168 valence electrons. The molecule has 0 amide bonds. The van der Waals surface area contributed by atoms with E-state index in [2.05, 4.69) is 22.6 Å². The predicted octanol–water partition coefficient (Wildman–Crippen LogP) is 4.43. The third kappa shape index (κ3) is 14.9. The molecule has 1 unspecified atom stereocenters. The van der Waals surface area contributed by atoms with E-state index in [1.54, 1.807) is 6.92 Å². The van der Waals surface area contributed by atoms with Gasteiger partial charge in [-0.1, -0.05) is 29.5 Å². The number of halogens is 1. The first kappa shape index (κ1) is 28.3. The van der Waals surface area contributed by atoms with Crippen LogP contribution in [0.2, 0.25) is 0 Å². The van der Waals surface area contributed by atoms with Gasteiger partial charge in [0.2, 0.25) is 0 Å². The number of hydrogen-bond acceptors (Lipinski definition) is 6. The third-order valence-electron chi connectivity index (χ3n) is 4.61. The topological polar surface area (TPSA) is 86.7 Å². The number of hydrogen-bond donors (Lipinski definition) is 0. The highest BCUT2D eigenvalue weighted by molar-refractivity contribution is 14.1. The first-order valence-corrected chi connectivity index (χ1v) is 11.5.